The topological polar surface area (TPSA) is 66.8 Å². The van der Waals surface area contributed by atoms with Gasteiger partial charge in [0.25, 0.3) is 0 Å². The molecule has 1 saturated carbocycles. The number of aliphatic hydroxyl groups is 2. The lowest BCUT2D eigenvalue weighted by molar-refractivity contribution is -0.140. The Bertz CT molecular complexity index is 483. The Balaban J connectivity index is 1.68. The van der Waals surface area contributed by atoms with E-state index in [1.165, 1.54) is 19.1 Å². The van der Waals surface area contributed by atoms with E-state index in [-0.39, 0.29) is 12.1 Å². The largest absolute Gasteiger partial charge is 0.469 e. The fourth-order valence-corrected chi connectivity index (χ4v) is 4.49. The van der Waals surface area contributed by atoms with Crippen LogP contribution in [0.4, 0.5) is 0 Å². The molecule has 0 aromatic rings. The summed E-state index contributed by atoms with van der Waals surface area (Å²) in [7, 11) is 1.44. The van der Waals surface area contributed by atoms with Crippen LogP contribution in [0.2, 0.25) is 0 Å². The van der Waals surface area contributed by atoms with Crippen molar-refractivity contribution in [3.8, 4) is 0 Å². The summed E-state index contributed by atoms with van der Waals surface area (Å²) in [6.45, 7) is 0.297. The third-order valence-corrected chi connectivity index (χ3v) is 5.94. The molecule has 2 aliphatic rings. The monoisotopic (exact) mass is 364 g/mol. The van der Waals surface area contributed by atoms with Crippen LogP contribution in [0.1, 0.15) is 70.6 Å². The summed E-state index contributed by atoms with van der Waals surface area (Å²) in [6, 6.07) is 0. The van der Waals surface area contributed by atoms with E-state index < -0.39 is 0 Å². The van der Waals surface area contributed by atoms with Crippen LogP contribution >= 0.6 is 0 Å². The van der Waals surface area contributed by atoms with Gasteiger partial charge in [0.2, 0.25) is 0 Å². The zero-order valence-corrected chi connectivity index (χ0v) is 16.2. The predicted octanol–water partition coefficient (Wildman–Crippen LogP) is 4.16. The molecule has 0 saturated heterocycles. The van der Waals surface area contributed by atoms with Crippen LogP contribution in [0.3, 0.4) is 0 Å². The smallest absolute Gasteiger partial charge is 0.305 e. The number of rotatable bonds is 12. The summed E-state index contributed by atoms with van der Waals surface area (Å²) in [5.74, 6) is 1.26. The fraction of sp³-hybridized carbons (Fsp3) is 0.773. The van der Waals surface area contributed by atoms with E-state index in [4.69, 9.17) is 5.11 Å². The fourth-order valence-electron chi connectivity index (χ4n) is 4.49. The first-order valence-corrected chi connectivity index (χ1v) is 10.4. The third-order valence-electron chi connectivity index (χ3n) is 5.94. The highest BCUT2D eigenvalue weighted by Gasteiger charge is 2.42. The minimum atomic E-state index is -0.201. The molecule has 0 spiro atoms. The normalized spacial score (nSPS) is 27.7. The second-order valence-corrected chi connectivity index (χ2v) is 7.88. The van der Waals surface area contributed by atoms with E-state index in [9.17, 15) is 9.90 Å². The number of fused-ring (bicyclic) bond motifs is 1. The molecule has 4 nitrogen and oxygen atoms in total. The number of carbonyl (C=O) groups excluding carboxylic acids is 1. The Labute approximate surface area is 158 Å². The molecule has 2 aliphatic carbocycles. The van der Waals surface area contributed by atoms with Gasteiger partial charge in [0.1, 0.15) is 0 Å². The molecular weight excluding hydrogens is 328 g/mol. The predicted molar refractivity (Wildman–Crippen MR) is 104 cm³/mol. The Hall–Kier alpha value is -1.13. The van der Waals surface area contributed by atoms with Crippen molar-refractivity contribution in [3.05, 3.63) is 23.8 Å². The second-order valence-electron chi connectivity index (χ2n) is 7.88. The molecule has 1 fully saturated rings. The van der Waals surface area contributed by atoms with Gasteiger partial charge in [-0.2, -0.15) is 0 Å². The summed E-state index contributed by atoms with van der Waals surface area (Å²) < 4.78 is 4.68. The van der Waals surface area contributed by atoms with Gasteiger partial charge in [-0.1, -0.05) is 36.6 Å². The number of allylic oxidation sites excluding steroid dienone is 3. The minimum absolute atomic E-state index is 0.119. The van der Waals surface area contributed by atoms with E-state index in [2.05, 4.69) is 23.0 Å². The molecular formula is C22H36O4. The van der Waals surface area contributed by atoms with Crippen molar-refractivity contribution in [2.75, 3.05) is 13.7 Å². The lowest BCUT2D eigenvalue weighted by Gasteiger charge is -2.18. The summed E-state index contributed by atoms with van der Waals surface area (Å²) in [4.78, 5) is 11.2. The van der Waals surface area contributed by atoms with Gasteiger partial charge in [0.05, 0.1) is 13.2 Å². The quantitative estimate of drug-likeness (QED) is 0.310. The van der Waals surface area contributed by atoms with Crippen molar-refractivity contribution in [1.82, 2.24) is 0 Å². The Morgan fingerprint density at radius 2 is 2.04 bits per heavy atom. The Morgan fingerprint density at radius 3 is 2.81 bits per heavy atom. The molecule has 0 amide bonds. The standard InChI is InChI=1S/C22H36O4/c1-26-22(25)12-8-7-10-17-14-18-16-21(24)19(20(18)15-17)11-6-4-2-3-5-9-13-23/h6,11,14,18-21,23-24H,2-5,7-10,12-13,15-16H2,1H3/t18-,19+,20+,21+/m1/s1. The number of hydrogen-bond acceptors (Lipinski definition) is 4. The molecule has 148 valence electrons. The van der Waals surface area contributed by atoms with Gasteiger partial charge < -0.3 is 14.9 Å². The van der Waals surface area contributed by atoms with Crippen LogP contribution in [0.15, 0.2) is 23.8 Å². The lowest BCUT2D eigenvalue weighted by Crippen LogP contribution is -2.17. The van der Waals surface area contributed by atoms with Crippen LogP contribution < -0.4 is 0 Å². The molecule has 0 heterocycles. The molecule has 2 rings (SSSR count). The van der Waals surface area contributed by atoms with Crippen LogP contribution in [0, 0.1) is 17.8 Å². The summed E-state index contributed by atoms with van der Waals surface area (Å²) >= 11 is 0. The number of aliphatic hydroxyl groups excluding tert-OH is 2. The molecule has 0 aromatic heterocycles. The van der Waals surface area contributed by atoms with Crippen LogP contribution in [-0.2, 0) is 9.53 Å². The maximum absolute atomic E-state index is 11.2. The third kappa shape index (κ3) is 6.55. The molecule has 26 heavy (non-hydrogen) atoms. The number of methoxy groups -OCH3 is 1. The van der Waals surface area contributed by atoms with E-state index in [1.54, 1.807) is 0 Å². The number of ether oxygens (including phenoxy) is 1. The first-order chi connectivity index (χ1) is 12.7. The number of carbonyl (C=O) groups is 1. The van der Waals surface area contributed by atoms with Crippen LogP contribution in [0.5, 0.6) is 0 Å². The molecule has 0 aliphatic heterocycles. The molecule has 0 aromatic carbocycles. The SMILES string of the molecule is COC(=O)CCCCC1=C[C@@H]2C[C@H](O)[C@@H](C=CCCCCCCO)[C@H]2C1. The number of esters is 1. The van der Waals surface area contributed by atoms with Gasteiger partial charge in [0.15, 0.2) is 0 Å². The van der Waals surface area contributed by atoms with Gasteiger partial charge in [-0.3, -0.25) is 4.79 Å². The van der Waals surface area contributed by atoms with Crippen molar-refractivity contribution in [1.29, 1.82) is 0 Å². The zero-order valence-electron chi connectivity index (χ0n) is 16.2. The van der Waals surface area contributed by atoms with E-state index in [1.807, 2.05) is 0 Å². The summed E-state index contributed by atoms with van der Waals surface area (Å²) in [5, 5.41) is 19.2. The molecule has 4 atom stereocenters. The van der Waals surface area contributed by atoms with Gasteiger partial charge >= 0.3 is 5.97 Å². The second kappa shape index (κ2) is 11.6. The number of hydrogen-bond donors (Lipinski definition) is 2. The van der Waals surface area contributed by atoms with Crippen LogP contribution in [-0.4, -0.2) is 36.0 Å². The average Bonchev–Trinajstić information content (AvgIpc) is 3.15. The summed E-state index contributed by atoms with van der Waals surface area (Å²) in [5.41, 5.74) is 1.51. The Kier molecular flexibility index (Phi) is 9.41. The van der Waals surface area contributed by atoms with Gasteiger partial charge in [-0.15, -0.1) is 0 Å². The molecule has 2 N–H and O–H groups in total. The van der Waals surface area contributed by atoms with Crippen molar-refractivity contribution >= 4 is 5.97 Å². The van der Waals surface area contributed by atoms with Crippen molar-refractivity contribution in [3.63, 3.8) is 0 Å². The van der Waals surface area contributed by atoms with Crippen molar-refractivity contribution in [2.24, 2.45) is 17.8 Å². The minimum Gasteiger partial charge on any atom is -0.469 e. The highest BCUT2D eigenvalue weighted by molar-refractivity contribution is 5.68. The molecule has 0 unspecified atom stereocenters. The Morgan fingerprint density at radius 1 is 1.23 bits per heavy atom. The van der Waals surface area contributed by atoms with Gasteiger partial charge in [-0.05, 0) is 63.2 Å². The van der Waals surface area contributed by atoms with Gasteiger partial charge in [0, 0.05) is 18.9 Å². The zero-order chi connectivity index (χ0) is 18.8. The van der Waals surface area contributed by atoms with Gasteiger partial charge in [-0.25, -0.2) is 0 Å². The van der Waals surface area contributed by atoms with E-state index in [0.717, 1.165) is 57.8 Å². The molecule has 4 heteroatoms. The van der Waals surface area contributed by atoms with E-state index in [0.29, 0.717) is 30.8 Å². The van der Waals surface area contributed by atoms with E-state index >= 15 is 0 Å². The number of unbranched alkanes of at least 4 members (excludes halogenated alkanes) is 5. The maximum Gasteiger partial charge on any atom is 0.305 e. The average molecular weight is 365 g/mol. The summed E-state index contributed by atoms with van der Waals surface area (Å²) in [6.07, 6.45) is 17.6. The molecule has 0 bridgehead atoms. The first-order valence-electron chi connectivity index (χ1n) is 10.4. The van der Waals surface area contributed by atoms with Crippen molar-refractivity contribution in [2.45, 2.75) is 76.7 Å². The highest BCUT2D eigenvalue weighted by atomic mass is 16.5. The van der Waals surface area contributed by atoms with Crippen LogP contribution in [0.25, 0.3) is 0 Å². The first kappa shape index (κ1) is 21.2. The highest BCUT2D eigenvalue weighted by Crippen LogP contribution is 2.48. The maximum atomic E-state index is 11.2. The lowest BCUT2D eigenvalue weighted by atomic mass is 9.88. The van der Waals surface area contributed by atoms with Crippen molar-refractivity contribution < 1.29 is 19.7 Å². The molecule has 0 radical (unpaired) electrons.